The molecule has 0 radical (unpaired) electrons. The lowest BCUT2D eigenvalue weighted by Gasteiger charge is -2.21. The van der Waals surface area contributed by atoms with Gasteiger partial charge < -0.3 is 14.4 Å². The Morgan fingerprint density at radius 3 is 0.931 bits per heavy atom. The van der Waals surface area contributed by atoms with Crippen LogP contribution in [-0.4, -0.2) is 55.4 Å². The fraction of sp³-hybridized carbons (Fsp3) is 0.962. The lowest BCUT2D eigenvalue weighted by atomic mass is 9.94. The van der Waals surface area contributed by atoms with Crippen LogP contribution in [-0.2, 0) is 19.1 Å². The van der Waals surface area contributed by atoms with Crippen LogP contribution < -0.4 is 0 Å². The molecule has 0 amide bonds. The van der Waals surface area contributed by atoms with Crippen molar-refractivity contribution in [3.63, 3.8) is 0 Å². The van der Waals surface area contributed by atoms with Gasteiger partial charge in [0.1, 0.15) is 0 Å². The second-order valence-electron chi connectivity index (χ2n) is 18.2. The minimum absolute atomic E-state index is 0.0181. The van der Waals surface area contributed by atoms with E-state index in [-0.39, 0.29) is 11.9 Å². The van der Waals surface area contributed by atoms with Gasteiger partial charge in [0.2, 0.25) is 0 Å². The van der Waals surface area contributed by atoms with Crippen LogP contribution in [0.3, 0.4) is 0 Å². The third kappa shape index (κ3) is 42.0. The van der Waals surface area contributed by atoms with Gasteiger partial charge in [0, 0.05) is 25.1 Å². The average molecular weight is 838 g/mol. The number of hydrogen-bond acceptors (Lipinski definition) is 6. The molecule has 0 aromatic heterocycles. The largest absolute Gasteiger partial charge is 0.465 e. The summed E-state index contributed by atoms with van der Waals surface area (Å²) in [6.07, 6.45) is 46.9. The predicted octanol–water partition coefficient (Wildman–Crippen LogP) is 16.4. The first-order chi connectivity index (χ1) is 28.5. The Labute approximate surface area is 369 Å². The lowest BCUT2D eigenvalue weighted by Crippen LogP contribution is -2.28. The molecular weight excluding hydrogens is 735 g/mol. The normalized spacial score (nSPS) is 11.7. The highest BCUT2D eigenvalue weighted by Gasteiger charge is 2.15. The smallest absolute Gasteiger partial charge is 0.305 e. The Kier molecular flexibility index (Phi) is 46.7. The molecule has 0 saturated carbocycles. The first-order valence-corrected chi connectivity index (χ1v) is 26.8. The molecule has 346 valence electrons. The van der Waals surface area contributed by atoms with Gasteiger partial charge in [-0.3, -0.25) is 9.59 Å². The van der Waals surface area contributed by atoms with E-state index < -0.39 is 0 Å². The molecule has 0 aliphatic rings. The number of hydrogen-bond donors (Lipinski definition) is 1. The molecule has 0 heterocycles. The maximum absolute atomic E-state index is 12.8. The molecule has 5 nitrogen and oxygen atoms in total. The number of carbonyl (C=O) groups is 2. The molecule has 6 heteroatoms. The van der Waals surface area contributed by atoms with Gasteiger partial charge in [0.25, 0.3) is 0 Å². The molecule has 58 heavy (non-hydrogen) atoms. The molecule has 0 rings (SSSR count). The number of nitrogens with zero attached hydrogens (tertiary/aromatic N) is 1. The topological polar surface area (TPSA) is 55.8 Å². The lowest BCUT2D eigenvalue weighted by molar-refractivity contribution is -0.146. The third-order valence-corrected chi connectivity index (χ3v) is 12.7. The zero-order valence-corrected chi connectivity index (χ0v) is 40.7. The van der Waals surface area contributed by atoms with Gasteiger partial charge in [-0.2, -0.15) is 12.6 Å². The monoisotopic (exact) mass is 838 g/mol. The maximum Gasteiger partial charge on any atom is 0.305 e. The first kappa shape index (κ1) is 57.2. The fourth-order valence-corrected chi connectivity index (χ4v) is 8.72. The highest BCUT2D eigenvalue weighted by Crippen LogP contribution is 2.22. The number of rotatable bonds is 48. The molecule has 0 N–H and O–H groups in total. The van der Waals surface area contributed by atoms with E-state index in [0.717, 1.165) is 51.1 Å². The van der Waals surface area contributed by atoms with E-state index in [1.54, 1.807) is 0 Å². The van der Waals surface area contributed by atoms with E-state index in [9.17, 15) is 9.59 Å². The van der Waals surface area contributed by atoms with Crippen molar-refractivity contribution in [2.24, 2.45) is 11.8 Å². The number of carbonyl (C=O) groups excluding carboxylic acids is 2. The quantitative estimate of drug-likeness (QED) is 0.0376. The summed E-state index contributed by atoms with van der Waals surface area (Å²) < 4.78 is 11.8. The molecule has 0 saturated heterocycles. The van der Waals surface area contributed by atoms with Gasteiger partial charge in [-0.15, -0.1) is 0 Å². The molecule has 0 aliphatic carbocycles. The van der Waals surface area contributed by atoms with Crippen molar-refractivity contribution >= 4 is 24.6 Å². The number of thiol groups is 1. The van der Waals surface area contributed by atoms with E-state index in [2.05, 4.69) is 45.2 Å². The Morgan fingerprint density at radius 1 is 0.379 bits per heavy atom. The summed E-state index contributed by atoms with van der Waals surface area (Å²) in [5, 5.41) is 0. The van der Waals surface area contributed by atoms with Crippen LogP contribution in [0, 0.1) is 11.8 Å². The summed E-state index contributed by atoms with van der Waals surface area (Å²) in [5.74, 6) is 1.82. The van der Waals surface area contributed by atoms with Crippen molar-refractivity contribution in [1.82, 2.24) is 4.90 Å². The standard InChI is InChI=1S/C52H103NO4S/c1-5-9-13-17-21-25-29-37-49(38-30-26-22-18-14-10-6-2)47-56-51(54)41-33-35-43-53(45-46-58)44-36-34-42-52(55)57-48-50(39-31-27-23-19-15-11-7-3)40-32-28-24-20-16-12-8-4/h49-50,58H,5-48H2,1-4H3. The molecule has 0 aromatic carbocycles. The molecule has 0 spiro atoms. The summed E-state index contributed by atoms with van der Waals surface area (Å²) in [6.45, 7) is 13.2. The average Bonchev–Trinajstić information content (AvgIpc) is 3.22. The molecule has 0 bridgehead atoms. The Morgan fingerprint density at radius 2 is 0.655 bits per heavy atom. The highest BCUT2D eigenvalue weighted by molar-refractivity contribution is 7.80. The molecule has 0 fully saturated rings. The van der Waals surface area contributed by atoms with E-state index in [4.69, 9.17) is 9.47 Å². The van der Waals surface area contributed by atoms with E-state index >= 15 is 0 Å². The summed E-state index contributed by atoms with van der Waals surface area (Å²) in [5.41, 5.74) is 0. The maximum atomic E-state index is 12.8. The van der Waals surface area contributed by atoms with E-state index in [1.807, 2.05) is 0 Å². The van der Waals surface area contributed by atoms with Crippen LogP contribution in [0.25, 0.3) is 0 Å². The van der Waals surface area contributed by atoms with Crippen LogP contribution in [0.15, 0.2) is 0 Å². The highest BCUT2D eigenvalue weighted by atomic mass is 32.1. The predicted molar refractivity (Wildman–Crippen MR) is 257 cm³/mol. The molecular formula is C52H103NO4S. The van der Waals surface area contributed by atoms with Crippen LogP contribution >= 0.6 is 12.6 Å². The molecule has 0 aliphatic heterocycles. The van der Waals surface area contributed by atoms with Gasteiger partial charge in [-0.25, -0.2) is 0 Å². The van der Waals surface area contributed by atoms with Crippen molar-refractivity contribution in [2.45, 2.75) is 272 Å². The van der Waals surface area contributed by atoms with Gasteiger partial charge in [-0.05, 0) is 76.3 Å². The van der Waals surface area contributed by atoms with Crippen molar-refractivity contribution in [1.29, 1.82) is 0 Å². The van der Waals surface area contributed by atoms with Crippen LogP contribution in [0.4, 0.5) is 0 Å². The fourth-order valence-electron chi connectivity index (χ4n) is 8.43. The molecule has 0 aromatic rings. The van der Waals surface area contributed by atoms with Crippen LogP contribution in [0.2, 0.25) is 0 Å². The summed E-state index contributed by atoms with van der Waals surface area (Å²) in [4.78, 5) is 28.0. The Balaban J connectivity index is 4.46. The summed E-state index contributed by atoms with van der Waals surface area (Å²) >= 11 is 4.52. The van der Waals surface area contributed by atoms with Gasteiger partial charge >= 0.3 is 11.9 Å². The SMILES string of the molecule is CCCCCCCCCC(CCCCCCCCC)COC(=O)CCCCN(CCS)CCCCC(=O)OCC(CCCCCCCCC)CCCCCCCCC. The van der Waals surface area contributed by atoms with Gasteiger partial charge in [0.15, 0.2) is 0 Å². The Bertz CT molecular complexity index is 740. The first-order valence-electron chi connectivity index (χ1n) is 26.1. The van der Waals surface area contributed by atoms with E-state index in [0.29, 0.717) is 37.9 Å². The summed E-state index contributed by atoms with van der Waals surface area (Å²) in [6, 6.07) is 0. The second kappa shape index (κ2) is 47.3. The van der Waals surface area contributed by atoms with Crippen molar-refractivity contribution in [3.05, 3.63) is 0 Å². The minimum Gasteiger partial charge on any atom is -0.465 e. The van der Waals surface area contributed by atoms with Crippen LogP contribution in [0.5, 0.6) is 0 Å². The number of ether oxygens (including phenoxy) is 2. The minimum atomic E-state index is -0.0181. The third-order valence-electron chi connectivity index (χ3n) is 12.5. The summed E-state index contributed by atoms with van der Waals surface area (Å²) in [7, 11) is 0. The number of unbranched alkanes of at least 4 members (excludes halogenated alkanes) is 26. The second-order valence-corrected chi connectivity index (χ2v) is 18.7. The van der Waals surface area contributed by atoms with Crippen molar-refractivity contribution < 1.29 is 19.1 Å². The Hall–Kier alpha value is -0.750. The van der Waals surface area contributed by atoms with Gasteiger partial charge in [-0.1, -0.05) is 207 Å². The van der Waals surface area contributed by atoms with Crippen molar-refractivity contribution in [3.8, 4) is 0 Å². The zero-order chi connectivity index (χ0) is 42.4. The molecule has 0 unspecified atom stereocenters. The van der Waals surface area contributed by atoms with Crippen molar-refractivity contribution in [2.75, 3.05) is 38.6 Å². The molecule has 0 atom stereocenters. The van der Waals surface area contributed by atoms with Crippen LogP contribution in [0.1, 0.15) is 272 Å². The zero-order valence-electron chi connectivity index (χ0n) is 39.8. The van der Waals surface area contributed by atoms with E-state index in [1.165, 1.54) is 205 Å². The van der Waals surface area contributed by atoms with Gasteiger partial charge in [0.05, 0.1) is 13.2 Å². The number of esters is 2.